The Bertz CT molecular complexity index is 703. The first-order chi connectivity index (χ1) is 11.6. The number of carbonyl (C=O) groups excluding carboxylic acids is 2. The van der Waals surface area contributed by atoms with Crippen molar-refractivity contribution >= 4 is 17.5 Å². The number of phenols is 1. The molecule has 0 saturated carbocycles. The predicted octanol–water partition coefficient (Wildman–Crippen LogP) is 1.53. The molecule has 0 heterocycles. The third kappa shape index (κ3) is 5.20. The van der Waals surface area contributed by atoms with Crippen molar-refractivity contribution in [2.45, 2.75) is 0 Å². The van der Waals surface area contributed by atoms with Crippen molar-refractivity contribution in [2.24, 2.45) is 0 Å². The Labute approximate surface area is 139 Å². The van der Waals surface area contributed by atoms with Crippen molar-refractivity contribution < 1.29 is 24.2 Å². The van der Waals surface area contributed by atoms with E-state index in [1.54, 1.807) is 30.3 Å². The number of hydrogen-bond acceptors (Lipinski definition) is 5. The Morgan fingerprint density at radius 1 is 1.08 bits per heavy atom. The van der Waals surface area contributed by atoms with Crippen LogP contribution < -0.4 is 20.1 Å². The summed E-state index contributed by atoms with van der Waals surface area (Å²) in [5.41, 5.74) is 0.396. The minimum atomic E-state index is -0.423. The molecular weight excluding hydrogens is 312 g/mol. The number of nitrogens with one attached hydrogen (secondary N) is 2. The van der Waals surface area contributed by atoms with Crippen LogP contribution >= 0.6 is 0 Å². The van der Waals surface area contributed by atoms with Gasteiger partial charge in [-0.05, 0) is 24.3 Å². The van der Waals surface area contributed by atoms with E-state index in [0.717, 1.165) is 0 Å². The van der Waals surface area contributed by atoms with E-state index in [-0.39, 0.29) is 18.9 Å². The summed E-state index contributed by atoms with van der Waals surface area (Å²) in [4.78, 5) is 23.4. The van der Waals surface area contributed by atoms with E-state index in [1.165, 1.54) is 19.2 Å². The Morgan fingerprint density at radius 2 is 1.83 bits per heavy atom. The quantitative estimate of drug-likeness (QED) is 0.715. The lowest BCUT2D eigenvalue weighted by Gasteiger charge is -2.09. The van der Waals surface area contributed by atoms with E-state index in [1.807, 2.05) is 6.07 Å². The van der Waals surface area contributed by atoms with Gasteiger partial charge in [0.25, 0.3) is 5.91 Å². The van der Waals surface area contributed by atoms with Crippen LogP contribution in [-0.4, -0.2) is 37.2 Å². The summed E-state index contributed by atoms with van der Waals surface area (Å²) in [5, 5.41) is 14.6. The zero-order valence-electron chi connectivity index (χ0n) is 13.1. The smallest absolute Gasteiger partial charge is 0.258 e. The van der Waals surface area contributed by atoms with Gasteiger partial charge in [-0.2, -0.15) is 0 Å². The molecule has 0 bridgehead atoms. The van der Waals surface area contributed by atoms with Crippen molar-refractivity contribution in [1.29, 1.82) is 0 Å². The monoisotopic (exact) mass is 330 g/mol. The highest BCUT2D eigenvalue weighted by Crippen LogP contribution is 2.28. The molecule has 2 aromatic rings. The van der Waals surface area contributed by atoms with E-state index in [2.05, 4.69) is 10.6 Å². The van der Waals surface area contributed by atoms with Crippen molar-refractivity contribution in [1.82, 2.24) is 5.32 Å². The summed E-state index contributed by atoms with van der Waals surface area (Å²) in [6.07, 6.45) is 0. The van der Waals surface area contributed by atoms with Crippen molar-refractivity contribution in [3.8, 4) is 17.2 Å². The largest absolute Gasteiger partial charge is 0.504 e. The summed E-state index contributed by atoms with van der Waals surface area (Å²) >= 11 is 0. The van der Waals surface area contributed by atoms with Gasteiger partial charge in [-0.1, -0.05) is 18.2 Å². The molecule has 7 nitrogen and oxygen atoms in total. The average molecular weight is 330 g/mol. The normalized spacial score (nSPS) is 9.88. The van der Waals surface area contributed by atoms with Crippen molar-refractivity contribution in [3.63, 3.8) is 0 Å². The summed E-state index contributed by atoms with van der Waals surface area (Å²) < 4.78 is 10.2. The maximum Gasteiger partial charge on any atom is 0.258 e. The molecule has 7 heteroatoms. The molecule has 2 rings (SSSR count). The van der Waals surface area contributed by atoms with Crippen LogP contribution in [0.2, 0.25) is 0 Å². The van der Waals surface area contributed by atoms with Gasteiger partial charge in [-0.3, -0.25) is 9.59 Å². The number of aromatic hydroxyl groups is 1. The fourth-order valence-corrected chi connectivity index (χ4v) is 1.87. The summed E-state index contributed by atoms with van der Waals surface area (Å²) in [6, 6.07) is 13.4. The zero-order valence-corrected chi connectivity index (χ0v) is 13.1. The maximum absolute atomic E-state index is 11.8. The molecule has 0 aliphatic heterocycles. The first kappa shape index (κ1) is 17.1. The number of rotatable bonds is 7. The van der Waals surface area contributed by atoms with Gasteiger partial charge in [0.1, 0.15) is 5.75 Å². The molecule has 0 aliphatic carbocycles. The van der Waals surface area contributed by atoms with Crippen LogP contribution in [0.1, 0.15) is 0 Å². The number of ether oxygens (including phenoxy) is 2. The second kappa shape index (κ2) is 8.42. The minimum absolute atomic E-state index is 0.0874. The minimum Gasteiger partial charge on any atom is -0.504 e. The zero-order chi connectivity index (χ0) is 17.4. The highest BCUT2D eigenvalue weighted by Gasteiger charge is 2.08. The second-order valence-corrected chi connectivity index (χ2v) is 4.81. The standard InChI is InChI=1S/C17H18N2O5/c1-23-15-8-7-12(9-14(15)20)19-16(21)10-18-17(22)11-24-13-5-3-2-4-6-13/h2-9,20H,10-11H2,1H3,(H,18,22)(H,19,21). The average Bonchev–Trinajstić information content (AvgIpc) is 2.59. The van der Waals surface area contributed by atoms with E-state index in [4.69, 9.17) is 9.47 Å². The third-order valence-corrected chi connectivity index (χ3v) is 3.02. The van der Waals surface area contributed by atoms with Gasteiger partial charge in [0, 0.05) is 11.8 Å². The second-order valence-electron chi connectivity index (χ2n) is 4.81. The Balaban J connectivity index is 1.74. The molecule has 2 aromatic carbocycles. The van der Waals surface area contributed by atoms with Gasteiger partial charge in [-0.25, -0.2) is 0 Å². The summed E-state index contributed by atoms with van der Waals surface area (Å²) in [5.74, 6) is -0.0417. The SMILES string of the molecule is COc1ccc(NC(=O)CNC(=O)COc2ccccc2)cc1O. The van der Waals surface area contributed by atoms with Crippen LogP contribution in [0.3, 0.4) is 0 Å². The summed E-state index contributed by atoms with van der Waals surface area (Å²) in [6.45, 7) is -0.385. The molecule has 126 valence electrons. The van der Waals surface area contributed by atoms with E-state index in [9.17, 15) is 14.7 Å². The van der Waals surface area contributed by atoms with Crippen LogP contribution in [-0.2, 0) is 9.59 Å². The topological polar surface area (TPSA) is 96.9 Å². The number of para-hydroxylation sites is 1. The molecule has 24 heavy (non-hydrogen) atoms. The molecular formula is C17H18N2O5. The number of benzene rings is 2. The molecule has 0 saturated heterocycles. The first-order valence-electron chi connectivity index (χ1n) is 7.20. The van der Waals surface area contributed by atoms with Crippen LogP contribution in [0.15, 0.2) is 48.5 Å². The lowest BCUT2D eigenvalue weighted by Crippen LogP contribution is -2.35. The molecule has 0 unspecified atom stereocenters. The molecule has 0 aromatic heterocycles. The fourth-order valence-electron chi connectivity index (χ4n) is 1.87. The number of hydrogen-bond donors (Lipinski definition) is 3. The molecule has 2 amide bonds. The van der Waals surface area contributed by atoms with Gasteiger partial charge in [0.15, 0.2) is 18.1 Å². The first-order valence-corrected chi connectivity index (χ1v) is 7.20. The maximum atomic E-state index is 11.8. The van der Waals surface area contributed by atoms with Crippen LogP contribution in [0.25, 0.3) is 0 Å². The molecule has 3 N–H and O–H groups in total. The predicted molar refractivity (Wildman–Crippen MR) is 88.2 cm³/mol. The number of methoxy groups -OCH3 is 1. The highest BCUT2D eigenvalue weighted by molar-refractivity contribution is 5.94. The van der Waals surface area contributed by atoms with Crippen molar-refractivity contribution in [2.75, 3.05) is 25.6 Å². The van der Waals surface area contributed by atoms with Crippen LogP contribution in [0.4, 0.5) is 5.69 Å². The van der Waals surface area contributed by atoms with Gasteiger partial charge in [-0.15, -0.1) is 0 Å². The van der Waals surface area contributed by atoms with Crippen LogP contribution in [0, 0.1) is 0 Å². The lowest BCUT2D eigenvalue weighted by atomic mass is 10.2. The van der Waals surface area contributed by atoms with Gasteiger partial charge >= 0.3 is 0 Å². The van der Waals surface area contributed by atoms with Crippen LogP contribution in [0.5, 0.6) is 17.2 Å². The Morgan fingerprint density at radius 3 is 2.50 bits per heavy atom. The molecule has 0 spiro atoms. The molecule has 0 fully saturated rings. The van der Waals surface area contributed by atoms with E-state index >= 15 is 0 Å². The highest BCUT2D eigenvalue weighted by atomic mass is 16.5. The summed E-state index contributed by atoms with van der Waals surface area (Å²) in [7, 11) is 1.43. The lowest BCUT2D eigenvalue weighted by molar-refractivity contribution is -0.125. The van der Waals surface area contributed by atoms with Gasteiger partial charge in [0.2, 0.25) is 5.91 Å². The van der Waals surface area contributed by atoms with Crippen molar-refractivity contribution in [3.05, 3.63) is 48.5 Å². The third-order valence-electron chi connectivity index (χ3n) is 3.02. The number of amides is 2. The van der Waals surface area contributed by atoms with Gasteiger partial charge < -0.3 is 25.2 Å². The number of anilines is 1. The number of carbonyl (C=O) groups is 2. The number of phenolic OH excluding ortho intramolecular Hbond substituents is 1. The Kier molecular flexibility index (Phi) is 6.01. The molecule has 0 aliphatic rings. The fraction of sp³-hybridized carbons (Fsp3) is 0.176. The van der Waals surface area contributed by atoms with E-state index in [0.29, 0.717) is 17.2 Å². The molecule has 0 atom stereocenters. The van der Waals surface area contributed by atoms with Gasteiger partial charge in [0.05, 0.1) is 13.7 Å². The Hall–Kier alpha value is -3.22. The molecule has 0 radical (unpaired) electrons. The van der Waals surface area contributed by atoms with E-state index < -0.39 is 11.8 Å².